The van der Waals surface area contributed by atoms with Crippen LogP contribution in [0.2, 0.25) is 0 Å². The molecule has 5 nitrogen and oxygen atoms in total. The summed E-state index contributed by atoms with van der Waals surface area (Å²) in [5, 5.41) is 8.13. The number of aromatic amines is 1. The number of fused-ring (bicyclic) bond motifs is 1. The number of carbonyl (C=O) groups is 1. The molecule has 1 atom stereocenters. The number of halogens is 1. The van der Waals surface area contributed by atoms with Crippen molar-refractivity contribution in [2.45, 2.75) is 19.9 Å². The van der Waals surface area contributed by atoms with E-state index in [1.54, 1.807) is 42.4 Å². The molecule has 31 heavy (non-hydrogen) atoms. The predicted molar refractivity (Wildman–Crippen MR) is 120 cm³/mol. The summed E-state index contributed by atoms with van der Waals surface area (Å²) in [5.74, 6) is 0.105. The summed E-state index contributed by atoms with van der Waals surface area (Å²) in [4.78, 5) is 15.0. The second kappa shape index (κ2) is 8.60. The van der Waals surface area contributed by atoms with E-state index in [-0.39, 0.29) is 17.8 Å². The average Bonchev–Trinajstić information content (AvgIpc) is 3.27. The molecular weight excluding hydrogens is 393 g/mol. The third kappa shape index (κ3) is 4.01. The van der Waals surface area contributed by atoms with E-state index in [1.807, 2.05) is 38.1 Å². The molecule has 0 spiro atoms. The zero-order chi connectivity index (χ0) is 22.0. The molecule has 1 heterocycles. The molecule has 158 valence electrons. The van der Waals surface area contributed by atoms with Gasteiger partial charge in [-0.15, -0.1) is 0 Å². The van der Waals surface area contributed by atoms with Gasteiger partial charge >= 0.3 is 0 Å². The number of hydrogen-bond donors (Lipinski definition) is 1. The van der Waals surface area contributed by atoms with E-state index in [1.165, 1.54) is 12.1 Å². The Hall–Kier alpha value is -3.67. The van der Waals surface area contributed by atoms with Crippen LogP contribution >= 0.6 is 0 Å². The molecule has 0 radical (unpaired) electrons. The van der Waals surface area contributed by atoms with Crippen molar-refractivity contribution >= 4 is 16.8 Å². The number of benzene rings is 3. The minimum atomic E-state index is -0.318. The molecule has 3 aromatic carbocycles. The summed E-state index contributed by atoms with van der Waals surface area (Å²) in [6.07, 6.45) is 1.77. The first-order valence-electron chi connectivity index (χ1n) is 10.2. The van der Waals surface area contributed by atoms with E-state index in [9.17, 15) is 9.18 Å². The molecule has 0 aliphatic rings. The van der Waals surface area contributed by atoms with Gasteiger partial charge in [0.2, 0.25) is 0 Å². The quantitative estimate of drug-likeness (QED) is 0.444. The second-order valence-corrected chi connectivity index (χ2v) is 7.43. The Bertz CT molecular complexity index is 1230. The molecule has 0 bridgehead atoms. The number of ether oxygens (including phenoxy) is 1. The first-order valence-corrected chi connectivity index (χ1v) is 10.2. The molecule has 0 aliphatic carbocycles. The first-order chi connectivity index (χ1) is 15.0. The van der Waals surface area contributed by atoms with Crippen molar-refractivity contribution in [3.8, 4) is 16.9 Å². The number of hydrogen-bond acceptors (Lipinski definition) is 3. The lowest BCUT2D eigenvalue weighted by Crippen LogP contribution is -2.29. The predicted octanol–water partition coefficient (Wildman–Crippen LogP) is 5.60. The molecule has 0 saturated carbocycles. The minimum absolute atomic E-state index is 0.129. The van der Waals surface area contributed by atoms with Gasteiger partial charge in [0.1, 0.15) is 11.6 Å². The highest BCUT2D eigenvalue weighted by Gasteiger charge is 2.22. The van der Waals surface area contributed by atoms with Gasteiger partial charge in [0.25, 0.3) is 5.91 Å². The van der Waals surface area contributed by atoms with Crippen molar-refractivity contribution in [1.29, 1.82) is 0 Å². The maximum Gasteiger partial charge on any atom is 0.254 e. The Morgan fingerprint density at radius 2 is 1.97 bits per heavy atom. The van der Waals surface area contributed by atoms with E-state index in [4.69, 9.17) is 4.74 Å². The third-order valence-corrected chi connectivity index (χ3v) is 5.52. The van der Waals surface area contributed by atoms with Gasteiger partial charge in [0, 0.05) is 29.1 Å². The Kier molecular flexibility index (Phi) is 5.71. The largest absolute Gasteiger partial charge is 0.493 e. The fourth-order valence-electron chi connectivity index (χ4n) is 3.75. The fourth-order valence-corrected chi connectivity index (χ4v) is 3.75. The number of aromatic nitrogens is 2. The number of H-pyrrole nitrogens is 1. The van der Waals surface area contributed by atoms with Crippen molar-refractivity contribution in [3.63, 3.8) is 0 Å². The molecule has 0 saturated heterocycles. The van der Waals surface area contributed by atoms with Crippen LogP contribution in [0.3, 0.4) is 0 Å². The summed E-state index contributed by atoms with van der Waals surface area (Å²) < 4.78 is 19.5. The SMILES string of the molecule is CCOc1cc(C(=O)N(C)[C@@H](C)c2cccc3cn[nH]c23)ccc1-c1cccc(F)c1. The van der Waals surface area contributed by atoms with Crippen LogP contribution in [0, 0.1) is 5.82 Å². The molecule has 6 heteroatoms. The monoisotopic (exact) mass is 417 g/mol. The summed E-state index contributed by atoms with van der Waals surface area (Å²) >= 11 is 0. The third-order valence-electron chi connectivity index (χ3n) is 5.52. The van der Waals surface area contributed by atoms with Gasteiger partial charge in [-0.3, -0.25) is 9.89 Å². The van der Waals surface area contributed by atoms with Crippen LogP contribution in [-0.2, 0) is 0 Å². The standard InChI is InChI=1S/C25H24FN3O2/c1-4-31-23-14-18(11-12-22(23)17-7-5-9-20(26)13-17)25(30)29(3)16(2)21-10-6-8-19-15-27-28-24(19)21/h5-16H,4H2,1-3H3,(H,27,28)/t16-/m0/s1. The number of carbonyl (C=O) groups excluding carboxylic acids is 1. The van der Waals surface area contributed by atoms with E-state index in [0.717, 1.165) is 22.0 Å². The molecule has 0 aliphatic heterocycles. The van der Waals surface area contributed by atoms with Crippen LogP contribution in [0.5, 0.6) is 5.75 Å². The number of para-hydroxylation sites is 1. The van der Waals surface area contributed by atoms with Gasteiger partial charge < -0.3 is 9.64 Å². The second-order valence-electron chi connectivity index (χ2n) is 7.43. The van der Waals surface area contributed by atoms with Crippen LogP contribution in [0.4, 0.5) is 4.39 Å². The number of nitrogens with zero attached hydrogens (tertiary/aromatic N) is 2. The lowest BCUT2D eigenvalue weighted by atomic mass is 10.0. The fraction of sp³-hybridized carbons (Fsp3) is 0.200. The average molecular weight is 417 g/mol. The summed E-state index contributed by atoms with van der Waals surface area (Å²) in [6.45, 7) is 4.30. The molecule has 1 N–H and O–H groups in total. The first kappa shape index (κ1) is 20.6. The molecule has 0 fully saturated rings. The lowest BCUT2D eigenvalue weighted by Gasteiger charge is -2.26. The number of rotatable bonds is 6. The minimum Gasteiger partial charge on any atom is -0.493 e. The van der Waals surface area contributed by atoms with Crippen LogP contribution in [0.1, 0.15) is 35.8 Å². The van der Waals surface area contributed by atoms with Gasteiger partial charge in [-0.25, -0.2) is 4.39 Å². The van der Waals surface area contributed by atoms with Gasteiger partial charge in [0.15, 0.2) is 0 Å². The van der Waals surface area contributed by atoms with Gasteiger partial charge in [-0.2, -0.15) is 5.10 Å². The molecule has 4 rings (SSSR count). The number of amides is 1. The van der Waals surface area contributed by atoms with E-state index in [2.05, 4.69) is 10.2 Å². The highest BCUT2D eigenvalue weighted by molar-refractivity contribution is 5.96. The Balaban J connectivity index is 1.66. The summed E-state index contributed by atoms with van der Waals surface area (Å²) in [7, 11) is 1.78. The maximum atomic E-state index is 13.7. The Labute approximate surface area is 180 Å². The zero-order valence-electron chi connectivity index (χ0n) is 17.7. The number of nitrogens with one attached hydrogen (secondary N) is 1. The molecule has 4 aromatic rings. The molecule has 1 aromatic heterocycles. The van der Waals surface area contributed by atoms with Gasteiger partial charge in [-0.1, -0.05) is 30.3 Å². The highest BCUT2D eigenvalue weighted by atomic mass is 19.1. The topological polar surface area (TPSA) is 58.2 Å². The van der Waals surface area contributed by atoms with Crippen LogP contribution < -0.4 is 4.74 Å². The van der Waals surface area contributed by atoms with Crippen LogP contribution in [-0.4, -0.2) is 34.7 Å². The van der Waals surface area contributed by atoms with Crippen molar-refractivity contribution in [1.82, 2.24) is 15.1 Å². The van der Waals surface area contributed by atoms with Crippen molar-refractivity contribution in [2.75, 3.05) is 13.7 Å². The van der Waals surface area contributed by atoms with E-state index in [0.29, 0.717) is 23.5 Å². The van der Waals surface area contributed by atoms with E-state index < -0.39 is 0 Å². The summed E-state index contributed by atoms with van der Waals surface area (Å²) in [5.41, 5.74) is 3.87. The molecule has 0 unspecified atom stereocenters. The van der Waals surface area contributed by atoms with Crippen LogP contribution in [0.25, 0.3) is 22.0 Å². The van der Waals surface area contributed by atoms with Crippen molar-refractivity contribution < 1.29 is 13.9 Å². The van der Waals surface area contributed by atoms with Gasteiger partial charge in [-0.05, 0) is 49.7 Å². The summed E-state index contributed by atoms with van der Waals surface area (Å²) in [6, 6.07) is 17.4. The smallest absolute Gasteiger partial charge is 0.254 e. The Morgan fingerprint density at radius 3 is 2.74 bits per heavy atom. The normalized spacial score (nSPS) is 12.0. The highest BCUT2D eigenvalue weighted by Crippen LogP contribution is 2.33. The zero-order valence-corrected chi connectivity index (χ0v) is 17.7. The van der Waals surface area contributed by atoms with Crippen molar-refractivity contribution in [3.05, 3.63) is 83.8 Å². The van der Waals surface area contributed by atoms with Crippen LogP contribution in [0.15, 0.2) is 66.9 Å². The lowest BCUT2D eigenvalue weighted by molar-refractivity contribution is 0.0743. The van der Waals surface area contributed by atoms with Gasteiger partial charge in [0.05, 0.1) is 24.4 Å². The van der Waals surface area contributed by atoms with E-state index >= 15 is 0 Å². The molecule has 1 amide bonds. The molecular formula is C25H24FN3O2. The Morgan fingerprint density at radius 1 is 1.16 bits per heavy atom. The maximum absolute atomic E-state index is 13.7. The van der Waals surface area contributed by atoms with Crippen molar-refractivity contribution in [2.24, 2.45) is 0 Å².